The number of benzene rings is 2. The molecular weight excluding hydrogens is 256 g/mol. The average molecular weight is 282 g/mol. The summed E-state index contributed by atoms with van der Waals surface area (Å²) in [6, 6.07) is 19.0. The van der Waals surface area contributed by atoms with Gasteiger partial charge in [-0.15, -0.1) is 0 Å². The third-order valence-electron chi connectivity index (χ3n) is 4.08. The number of hydrogen-bond donors (Lipinski definition) is 1. The lowest BCUT2D eigenvalue weighted by atomic mass is 9.97. The van der Waals surface area contributed by atoms with Gasteiger partial charge in [0.25, 0.3) is 0 Å². The Hall–Kier alpha value is -1.80. The number of anilines is 1. The zero-order chi connectivity index (χ0) is 15.1. The molecule has 0 radical (unpaired) electrons. The van der Waals surface area contributed by atoms with Gasteiger partial charge < -0.3 is 5.73 Å². The van der Waals surface area contributed by atoms with E-state index in [4.69, 9.17) is 5.73 Å². The van der Waals surface area contributed by atoms with Crippen molar-refractivity contribution in [1.29, 1.82) is 0 Å². The minimum atomic E-state index is 0.565. The molecule has 0 spiro atoms. The van der Waals surface area contributed by atoms with Crippen molar-refractivity contribution in [2.75, 3.05) is 18.8 Å². The topological polar surface area (TPSA) is 29.3 Å². The van der Waals surface area contributed by atoms with Crippen molar-refractivity contribution in [1.82, 2.24) is 4.90 Å². The Kier molecular flexibility index (Phi) is 5.82. The summed E-state index contributed by atoms with van der Waals surface area (Å²) in [5.41, 5.74) is 9.35. The summed E-state index contributed by atoms with van der Waals surface area (Å²) in [7, 11) is 0. The van der Waals surface area contributed by atoms with E-state index in [1.165, 1.54) is 17.5 Å². The first-order valence-corrected chi connectivity index (χ1v) is 7.80. The van der Waals surface area contributed by atoms with Crippen LogP contribution in [0, 0.1) is 0 Å². The Morgan fingerprint density at radius 1 is 1.00 bits per heavy atom. The molecule has 2 N–H and O–H groups in total. The van der Waals surface area contributed by atoms with Crippen LogP contribution in [0.2, 0.25) is 0 Å². The third-order valence-corrected chi connectivity index (χ3v) is 4.08. The standard InChI is InChI=1S/C19H26N2/c1-3-21(15-17-7-5-4-6-8-17)14-13-16(2)18-9-11-19(20)12-10-18/h4-12,16H,3,13-15,20H2,1-2H3. The Morgan fingerprint density at radius 3 is 2.29 bits per heavy atom. The molecule has 0 heterocycles. The molecule has 0 saturated carbocycles. The molecule has 1 atom stereocenters. The van der Waals surface area contributed by atoms with E-state index in [9.17, 15) is 0 Å². The molecule has 0 bridgehead atoms. The van der Waals surface area contributed by atoms with E-state index >= 15 is 0 Å². The molecule has 0 aliphatic heterocycles. The summed E-state index contributed by atoms with van der Waals surface area (Å²) >= 11 is 0. The highest BCUT2D eigenvalue weighted by atomic mass is 15.1. The van der Waals surface area contributed by atoms with E-state index in [-0.39, 0.29) is 0 Å². The van der Waals surface area contributed by atoms with E-state index < -0.39 is 0 Å². The highest BCUT2D eigenvalue weighted by molar-refractivity contribution is 5.40. The molecule has 2 heteroatoms. The number of hydrogen-bond acceptors (Lipinski definition) is 2. The average Bonchev–Trinajstić information content (AvgIpc) is 2.52. The first-order chi connectivity index (χ1) is 10.2. The summed E-state index contributed by atoms with van der Waals surface area (Å²) in [5, 5.41) is 0. The molecule has 1 unspecified atom stereocenters. The molecule has 2 nitrogen and oxygen atoms in total. The van der Waals surface area contributed by atoms with Gasteiger partial charge in [-0.3, -0.25) is 4.90 Å². The second-order valence-corrected chi connectivity index (χ2v) is 5.71. The number of nitrogen functional groups attached to an aromatic ring is 1. The van der Waals surface area contributed by atoms with Crippen molar-refractivity contribution in [2.45, 2.75) is 32.7 Å². The normalized spacial score (nSPS) is 12.5. The lowest BCUT2D eigenvalue weighted by Gasteiger charge is -2.22. The molecule has 0 saturated heterocycles. The molecular formula is C19H26N2. The van der Waals surface area contributed by atoms with Gasteiger partial charge in [0.1, 0.15) is 0 Å². The Labute approximate surface area is 128 Å². The van der Waals surface area contributed by atoms with Crippen LogP contribution in [0.1, 0.15) is 37.3 Å². The zero-order valence-electron chi connectivity index (χ0n) is 13.1. The minimum Gasteiger partial charge on any atom is -0.399 e. The lowest BCUT2D eigenvalue weighted by molar-refractivity contribution is 0.270. The van der Waals surface area contributed by atoms with E-state index in [1.54, 1.807) is 0 Å². The highest BCUT2D eigenvalue weighted by Gasteiger charge is 2.09. The van der Waals surface area contributed by atoms with Crippen molar-refractivity contribution in [2.24, 2.45) is 0 Å². The first kappa shape index (κ1) is 15.6. The van der Waals surface area contributed by atoms with Gasteiger partial charge in [-0.2, -0.15) is 0 Å². The molecule has 112 valence electrons. The quantitative estimate of drug-likeness (QED) is 0.768. The van der Waals surface area contributed by atoms with Crippen LogP contribution in [0.15, 0.2) is 54.6 Å². The lowest BCUT2D eigenvalue weighted by Crippen LogP contribution is -2.25. The third kappa shape index (κ3) is 4.91. The highest BCUT2D eigenvalue weighted by Crippen LogP contribution is 2.20. The molecule has 0 aliphatic rings. The maximum Gasteiger partial charge on any atom is 0.0314 e. The van der Waals surface area contributed by atoms with Crippen LogP contribution in [0.4, 0.5) is 5.69 Å². The predicted octanol–water partition coefficient (Wildman–Crippen LogP) is 4.28. The van der Waals surface area contributed by atoms with Gasteiger partial charge in [-0.05, 0) is 48.7 Å². The van der Waals surface area contributed by atoms with Gasteiger partial charge in [-0.25, -0.2) is 0 Å². The van der Waals surface area contributed by atoms with E-state index in [1.807, 2.05) is 12.1 Å². The van der Waals surface area contributed by atoms with Crippen molar-refractivity contribution >= 4 is 5.69 Å². The molecule has 0 amide bonds. The fourth-order valence-electron chi connectivity index (χ4n) is 2.56. The molecule has 0 aromatic heterocycles. The smallest absolute Gasteiger partial charge is 0.0314 e. The number of nitrogens with two attached hydrogens (primary N) is 1. The maximum atomic E-state index is 5.75. The molecule has 2 aromatic carbocycles. The van der Waals surface area contributed by atoms with Crippen LogP contribution in [0.5, 0.6) is 0 Å². The van der Waals surface area contributed by atoms with E-state index in [0.717, 1.165) is 25.3 Å². The predicted molar refractivity (Wildman–Crippen MR) is 91.3 cm³/mol. The Bertz CT molecular complexity index is 519. The molecule has 21 heavy (non-hydrogen) atoms. The first-order valence-electron chi connectivity index (χ1n) is 7.80. The summed E-state index contributed by atoms with van der Waals surface area (Å²) in [6.07, 6.45) is 1.17. The van der Waals surface area contributed by atoms with Crippen LogP contribution >= 0.6 is 0 Å². The second-order valence-electron chi connectivity index (χ2n) is 5.71. The van der Waals surface area contributed by atoms with Crippen LogP contribution in [0.25, 0.3) is 0 Å². The molecule has 0 aliphatic carbocycles. The molecule has 0 fully saturated rings. The van der Waals surface area contributed by atoms with Gasteiger partial charge in [0.05, 0.1) is 0 Å². The summed E-state index contributed by atoms with van der Waals surface area (Å²) in [5.74, 6) is 0.565. The van der Waals surface area contributed by atoms with Gasteiger partial charge >= 0.3 is 0 Å². The van der Waals surface area contributed by atoms with Crippen LogP contribution < -0.4 is 5.73 Å². The van der Waals surface area contributed by atoms with Crippen molar-refractivity contribution in [3.8, 4) is 0 Å². The van der Waals surface area contributed by atoms with Gasteiger partial charge in [-0.1, -0.05) is 56.3 Å². The maximum absolute atomic E-state index is 5.75. The summed E-state index contributed by atoms with van der Waals surface area (Å²) < 4.78 is 0. The number of rotatable bonds is 7. The van der Waals surface area contributed by atoms with Crippen molar-refractivity contribution in [3.05, 3.63) is 65.7 Å². The molecule has 2 aromatic rings. The van der Waals surface area contributed by atoms with Gasteiger partial charge in [0, 0.05) is 12.2 Å². The minimum absolute atomic E-state index is 0.565. The van der Waals surface area contributed by atoms with Crippen molar-refractivity contribution < 1.29 is 0 Å². The second kappa shape index (κ2) is 7.84. The van der Waals surface area contributed by atoms with Gasteiger partial charge in [0.15, 0.2) is 0 Å². The largest absolute Gasteiger partial charge is 0.399 e. The van der Waals surface area contributed by atoms with Crippen LogP contribution in [0.3, 0.4) is 0 Å². The summed E-state index contributed by atoms with van der Waals surface area (Å²) in [6.45, 7) is 7.77. The Balaban J connectivity index is 1.86. The SMILES string of the molecule is CCN(CCC(C)c1ccc(N)cc1)Cc1ccccc1. The number of nitrogens with zero attached hydrogens (tertiary/aromatic N) is 1. The van der Waals surface area contributed by atoms with Crippen LogP contribution in [-0.2, 0) is 6.54 Å². The monoisotopic (exact) mass is 282 g/mol. The Morgan fingerprint density at radius 2 is 1.67 bits per heavy atom. The fraction of sp³-hybridized carbons (Fsp3) is 0.368. The van der Waals surface area contributed by atoms with Gasteiger partial charge in [0.2, 0.25) is 0 Å². The fourth-order valence-corrected chi connectivity index (χ4v) is 2.56. The zero-order valence-corrected chi connectivity index (χ0v) is 13.1. The van der Waals surface area contributed by atoms with E-state index in [2.05, 4.69) is 61.2 Å². The van der Waals surface area contributed by atoms with E-state index in [0.29, 0.717) is 5.92 Å². The van der Waals surface area contributed by atoms with Crippen LogP contribution in [-0.4, -0.2) is 18.0 Å². The molecule has 2 rings (SSSR count). The summed E-state index contributed by atoms with van der Waals surface area (Å²) in [4.78, 5) is 2.50. The van der Waals surface area contributed by atoms with Crippen molar-refractivity contribution in [3.63, 3.8) is 0 Å².